The van der Waals surface area contributed by atoms with E-state index in [0.717, 1.165) is 30.1 Å². The topological polar surface area (TPSA) is 15.3 Å². The van der Waals surface area contributed by atoms with E-state index < -0.39 is 0 Å². The Hall–Kier alpha value is -0.570. The van der Waals surface area contributed by atoms with E-state index in [1.54, 1.807) is 0 Å². The number of halogens is 1. The molecule has 1 heterocycles. The summed E-state index contributed by atoms with van der Waals surface area (Å²) in [6, 6.07) is 9.05. The Kier molecular flexibility index (Phi) is 3.88. The van der Waals surface area contributed by atoms with Crippen LogP contribution < -0.4 is 5.32 Å². The predicted molar refractivity (Wildman–Crippen MR) is 75.9 cm³/mol. The molecular formula is C15H21ClN2. The standard InChI is InChI=1S/C15H21ClN2/c16-14-3-1-2-12(8-14)9-17-10-13-6-7-18(11-13)15-4-5-15/h1-3,8,13,15,17H,4-7,9-11H2. The molecule has 2 aliphatic rings. The molecule has 1 aliphatic carbocycles. The molecule has 0 bridgehead atoms. The zero-order valence-electron chi connectivity index (χ0n) is 10.7. The monoisotopic (exact) mass is 264 g/mol. The Morgan fingerprint density at radius 2 is 2.17 bits per heavy atom. The third-order valence-electron chi connectivity index (χ3n) is 4.03. The van der Waals surface area contributed by atoms with Crippen LogP contribution in [0.4, 0.5) is 0 Å². The molecule has 1 unspecified atom stereocenters. The highest BCUT2D eigenvalue weighted by Gasteiger charge is 2.33. The fourth-order valence-electron chi connectivity index (χ4n) is 2.87. The second-order valence-corrected chi connectivity index (χ2v) is 6.08. The fraction of sp³-hybridized carbons (Fsp3) is 0.600. The van der Waals surface area contributed by atoms with Gasteiger partial charge >= 0.3 is 0 Å². The van der Waals surface area contributed by atoms with Crippen LogP contribution in [0.15, 0.2) is 24.3 Å². The number of hydrogen-bond donors (Lipinski definition) is 1. The summed E-state index contributed by atoms with van der Waals surface area (Å²) in [7, 11) is 0. The first-order chi connectivity index (χ1) is 8.81. The van der Waals surface area contributed by atoms with Crippen LogP contribution in [0.25, 0.3) is 0 Å². The van der Waals surface area contributed by atoms with E-state index in [-0.39, 0.29) is 0 Å². The number of rotatable bonds is 5. The van der Waals surface area contributed by atoms with E-state index in [0.29, 0.717) is 0 Å². The highest BCUT2D eigenvalue weighted by Crippen LogP contribution is 2.31. The molecule has 2 fully saturated rings. The third-order valence-corrected chi connectivity index (χ3v) is 4.27. The van der Waals surface area contributed by atoms with Gasteiger partial charge in [-0.2, -0.15) is 0 Å². The number of benzene rings is 1. The van der Waals surface area contributed by atoms with Crippen molar-refractivity contribution in [2.75, 3.05) is 19.6 Å². The first-order valence-corrected chi connectivity index (χ1v) is 7.38. The SMILES string of the molecule is Clc1cccc(CNCC2CCN(C3CC3)C2)c1. The van der Waals surface area contributed by atoms with Gasteiger partial charge in [-0.3, -0.25) is 0 Å². The summed E-state index contributed by atoms with van der Waals surface area (Å²) in [6.07, 6.45) is 4.23. The normalized spacial score (nSPS) is 24.6. The predicted octanol–water partition coefficient (Wildman–Crippen LogP) is 2.91. The summed E-state index contributed by atoms with van der Waals surface area (Å²) < 4.78 is 0. The van der Waals surface area contributed by atoms with Gasteiger partial charge in [0.2, 0.25) is 0 Å². The van der Waals surface area contributed by atoms with Gasteiger partial charge in [0.05, 0.1) is 0 Å². The quantitative estimate of drug-likeness (QED) is 0.880. The fourth-order valence-corrected chi connectivity index (χ4v) is 3.08. The van der Waals surface area contributed by atoms with Crippen LogP contribution in [0, 0.1) is 5.92 Å². The molecule has 18 heavy (non-hydrogen) atoms. The second kappa shape index (κ2) is 5.60. The molecule has 1 saturated carbocycles. The average molecular weight is 265 g/mol. The van der Waals surface area contributed by atoms with Crippen molar-refractivity contribution >= 4 is 11.6 Å². The van der Waals surface area contributed by atoms with Crippen molar-refractivity contribution in [3.63, 3.8) is 0 Å². The lowest BCUT2D eigenvalue weighted by atomic mass is 10.1. The molecule has 98 valence electrons. The maximum atomic E-state index is 5.98. The molecule has 1 aromatic carbocycles. The molecule has 2 nitrogen and oxygen atoms in total. The molecule has 0 radical (unpaired) electrons. The summed E-state index contributed by atoms with van der Waals surface area (Å²) in [5.74, 6) is 0.838. The number of likely N-dealkylation sites (tertiary alicyclic amines) is 1. The highest BCUT2D eigenvalue weighted by molar-refractivity contribution is 6.30. The van der Waals surface area contributed by atoms with Crippen LogP contribution in [-0.2, 0) is 6.54 Å². The second-order valence-electron chi connectivity index (χ2n) is 5.64. The minimum Gasteiger partial charge on any atom is -0.312 e. The molecule has 3 rings (SSSR count). The highest BCUT2D eigenvalue weighted by atomic mass is 35.5. The van der Waals surface area contributed by atoms with E-state index in [1.807, 2.05) is 18.2 Å². The van der Waals surface area contributed by atoms with Crippen LogP contribution in [0.5, 0.6) is 0 Å². The van der Waals surface area contributed by atoms with E-state index in [4.69, 9.17) is 11.6 Å². The van der Waals surface area contributed by atoms with E-state index in [1.165, 1.54) is 37.9 Å². The largest absolute Gasteiger partial charge is 0.312 e. The van der Waals surface area contributed by atoms with Gasteiger partial charge in [0.1, 0.15) is 0 Å². The van der Waals surface area contributed by atoms with Crippen molar-refractivity contribution in [2.45, 2.75) is 31.8 Å². The summed E-state index contributed by atoms with van der Waals surface area (Å²) >= 11 is 5.98. The molecule has 3 heteroatoms. The minimum atomic E-state index is 0.829. The third kappa shape index (κ3) is 3.25. The molecule has 0 spiro atoms. The summed E-state index contributed by atoms with van der Waals surface area (Å²) in [4.78, 5) is 2.67. The molecular weight excluding hydrogens is 244 g/mol. The van der Waals surface area contributed by atoms with E-state index >= 15 is 0 Å². The van der Waals surface area contributed by atoms with Gasteiger partial charge in [-0.15, -0.1) is 0 Å². The van der Waals surface area contributed by atoms with E-state index in [2.05, 4.69) is 16.3 Å². The van der Waals surface area contributed by atoms with E-state index in [9.17, 15) is 0 Å². The lowest BCUT2D eigenvalue weighted by Crippen LogP contribution is -2.27. The Labute approximate surface area is 114 Å². The minimum absolute atomic E-state index is 0.829. The molecule has 1 atom stereocenters. The van der Waals surface area contributed by atoms with Gasteiger partial charge in [-0.25, -0.2) is 0 Å². The number of nitrogens with one attached hydrogen (secondary N) is 1. The lowest BCUT2D eigenvalue weighted by Gasteiger charge is -2.15. The molecule has 1 saturated heterocycles. The zero-order chi connectivity index (χ0) is 12.4. The van der Waals surface area contributed by atoms with Crippen LogP contribution in [0.3, 0.4) is 0 Å². The van der Waals surface area contributed by atoms with Gasteiger partial charge in [0, 0.05) is 24.2 Å². The molecule has 0 amide bonds. The zero-order valence-corrected chi connectivity index (χ0v) is 11.5. The average Bonchev–Trinajstić information content (AvgIpc) is 3.10. The maximum absolute atomic E-state index is 5.98. The van der Waals surface area contributed by atoms with Crippen molar-refractivity contribution in [1.82, 2.24) is 10.2 Å². The Balaban J connectivity index is 1.39. The molecule has 1 aliphatic heterocycles. The van der Waals surface area contributed by atoms with Crippen LogP contribution in [0.1, 0.15) is 24.8 Å². The van der Waals surface area contributed by atoms with Gasteiger partial charge in [-0.05, 0) is 56.0 Å². The van der Waals surface area contributed by atoms with Crippen LogP contribution in [-0.4, -0.2) is 30.6 Å². The van der Waals surface area contributed by atoms with Crippen molar-refractivity contribution in [2.24, 2.45) is 5.92 Å². The maximum Gasteiger partial charge on any atom is 0.0409 e. The van der Waals surface area contributed by atoms with Crippen LogP contribution in [0.2, 0.25) is 5.02 Å². The first-order valence-electron chi connectivity index (χ1n) is 7.00. The van der Waals surface area contributed by atoms with Crippen molar-refractivity contribution in [3.05, 3.63) is 34.9 Å². The first kappa shape index (κ1) is 12.5. The van der Waals surface area contributed by atoms with Gasteiger partial charge in [0.25, 0.3) is 0 Å². The van der Waals surface area contributed by atoms with Crippen molar-refractivity contribution < 1.29 is 0 Å². The number of hydrogen-bond acceptors (Lipinski definition) is 2. The lowest BCUT2D eigenvalue weighted by molar-refractivity contribution is 0.312. The smallest absolute Gasteiger partial charge is 0.0409 e. The van der Waals surface area contributed by atoms with Crippen LogP contribution >= 0.6 is 11.6 Å². The van der Waals surface area contributed by atoms with Crippen molar-refractivity contribution in [3.8, 4) is 0 Å². The summed E-state index contributed by atoms with van der Waals surface area (Å²) in [6.45, 7) is 4.68. The van der Waals surface area contributed by atoms with Crippen molar-refractivity contribution in [1.29, 1.82) is 0 Å². The van der Waals surface area contributed by atoms with Gasteiger partial charge in [-0.1, -0.05) is 23.7 Å². The Morgan fingerprint density at radius 3 is 2.94 bits per heavy atom. The van der Waals surface area contributed by atoms with Gasteiger partial charge in [0.15, 0.2) is 0 Å². The Bertz CT molecular complexity index is 403. The molecule has 0 aromatic heterocycles. The molecule has 1 N–H and O–H groups in total. The van der Waals surface area contributed by atoms with Gasteiger partial charge < -0.3 is 10.2 Å². The molecule has 1 aromatic rings. The Morgan fingerprint density at radius 1 is 1.28 bits per heavy atom. The number of nitrogens with zero attached hydrogens (tertiary/aromatic N) is 1. The summed E-state index contributed by atoms with van der Waals surface area (Å²) in [5.41, 5.74) is 1.28. The summed E-state index contributed by atoms with van der Waals surface area (Å²) in [5, 5.41) is 4.39.